The molecule has 1 N–H and O–H groups in total. The minimum absolute atomic E-state index is 0.0454. The van der Waals surface area contributed by atoms with Crippen molar-refractivity contribution in [2.75, 3.05) is 7.11 Å². The molecule has 1 fully saturated rings. The minimum Gasteiger partial charge on any atom is -0.467 e. The lowest BCUT2D eigenvalue weighted by Gasteiger charge is -2.14. The number of sulfonamides is 1. The number of carbonyl (C=O) groups is 1. The summed E-state index contributed by atoms with van der Waals surface area (Å²) in [4.78, 5) is 24.1. The van der Waals surface area contributed by atoms with Crippen LogP contribution in [0.25, 0.3) is 0 Å². The summed E-state index contributed by atoms with van der Waals surface area (Å²) in [5.41, 5.74) is -1.11. The fraction of sp³-hybridized carbons (Fsp3) is 0.438. The second-order valence-corrected chi connectivity index (χ2v) is 8.11. The summed E-state index contributed by atoms with van der Waals surface area (Å²) in [5, 5.41) is 3.68. The van der Waals surface area contributed by atoms with E-state index in [0.29, 0.717) is 23.1 Å². The van der Waals surface area contributed by atoms with E-state index in [1.54, 1.807) is 11.6 Å². The van der Waals surface area contributed by atoms with E-state index in [9.17, 15) is 26.8 Å². The SMILES string of the molecule is COc1nn(C(=O)NS(=O)(=O)c2c(C)cc(C)cc2C(F)F)c(=O)n1C1CC1. The van der Waals surface area contributed by atoms with E-state index < -0.39 is 38.6 Å². The number of methoxy groups -OCH3 is 1. The Morgan fingerprint density at radius 1 is 1.32 bits per heavy atom. The molecular weight excluding hydrogens is 398 g/mol. The molecule has 1 aliphatic carbocycles. The van der Waals surface area contributed by atoms with Crippen LogP contribution < -0.4 is 15.1 Å². The van der Waals surface area contributed by atoms with Crippen LogP contribution in [0.2, 0.25) is 0 Å². The first-order valence-electron chi connectivity index (χ1n) is 8.28. The number of aryl methyl sites for hydroxylation is 2. The van der Waals surface area contributed by atoms with Gasteiger partial charge in [-0.2, -0.15) is 0 Å². The van der Waals surface area contributed by atoms with Crippen LogP contribution in [0, 0.1) is 13.8 Å². The number of hydrogen-bond acceptors (Lipinski definition) is 6. The van der Waals surface area contributed by atoms with Crippen molar-refractivity contribution in [1.82, 2.24) is 19.1 Å². The monoisotopic (exact) mass is 416 g/mol. The molecule has 2 aromatic rings. The highest BCUT2D eigenvalue weighted by Gasteiger charge is 2.34. The van der Waals surface area contributed by atoms with E-state index in [1.165, 1.54) is 20.1 Å². The standard InChI is InChI=1S/C16H18F2N4O5S/c1-8-6-9(2)12(11(7-8)13(17)18)28(25,26)20-14(23)22-16(24)21(10-4-5-10)15(19-22)27-3/h6-7,10,13H,4-5H2,1-3H3,(H,20,23). The molecule has 1 saturated carbocycles. The van der Waals surface area contributed by atoms with Gasteiger partial charge in [0.2, 0.25) is 0 Å². The lowest BCUT2D eigenvalue weighted by Crippen LogP contribution is -2.41. The minimum atomic E-state index is -4.69. The quantitative estimate of drug-likeness (QED) is 0.797. The smallest absolute Gasteiger partial charge is 0.360 e. The number of hydrogen-bond donors (Lipinski definition) is 1. The maximum absolute atomic E-state index is 13.4. The number of aromatic nitrogens is 3. The Morgan fingerprint density at radius 2 is 1.96 bits per heavy atom. The summed E-state index contributed by atoms with van der Waals surface area (Å²) in [7, 11) is -3.44. The number of nitrogens with one attached hydrogen (secondary N) is 1. The zero-order valence-electron chi connectivity index (χ0n) is 15.3. The Kier molecular flexibility index (Phi) is 5.00. The van der Waals surface area contributed by atoms with Gasteiger partial charge in [-0.05, 0) is 38.3 Å². The van der Waals surface area contributed by atoms with Crippen molar-refractivity contribution in [3.8, 4) is 6.01 Å². The van der Waals surface area contributed by atoms with Crippen LogP contribution >= 0.6 is 0 Å². The number of ether oxygens (including phenoxy) is 1. The van der Waals surface area contributed by atoms with E-state index in [0.717, 1.165) is 10.6 Å². The average Bonchev–Trinajstić information content (AvgIpc) is 3.35. The Balaban J connectivity index is 2.01. The van der Waals surface area contributed by atoms with Crippen molar-refractivity contribution < 1.29 is 26.7 Å². The van der Waals surface area contributed by atoms with Crippen molar-refractivity contribution in [2.24, 2.45) is 0 Å². The Hall–Kier alpha value is -2.76. The lowest BCUT2D eigenvalue weighted by molar-refractivity contribution is 0.147. The fourth-order valence-electron chi connectivity index (χ4n) is 3.00. The molecule has 0 unspecified atom stereocenters. The predicted octanol–water partition coefficient (Wildman–Crippen LogP) is 1.89. The van der Waals surface area contributed by atoms with Gasteiger partial charge in [0.05, 0.1) is 12.0 Å². The van der Waals surface area contributed by atoms with Crippen molar-refractivity contribution in [3.63, 3.8) is 0 Å². The number of rotatable bonds is 5. The van der Waals surface area contributed by atoms with Gasteiger partial charge >= 0.3 is 17.7 Å². The van der Waals surface area contributed by atoms with Gasteiger partial charge in [-0.3, -0.25) is 0 Å². The molecule has 0 bridgehead atoms. The van der Waals surface area contributed by atoms with E-state index in [2.05, 4.69) is 5.10 Å². The number of halogens is 2. The summed E-state index contributed by atoms with van der Waals surface area (Å²) in [6.45, 7) is 2.89. The highest BCUT2D eigenvalue weighted by atomic mass is 32.2. The third-order valence-electron chi connectivity index (χ3n) is 4.24. The first-order chi connectivity index (χ1) is 13.1. The van der Waals surface area contributed by atoms with Crippen LogP contribution in [-0.4, -0.2) is 35.9 Å². The van der Waals surface area contributed by atoms with Crippen LogP contribution in [-0.2, 0) is 10.0 Å². The molecule has 0 spiro atoms. The topological polar surface area (TPSA) is 112 Å². The first-order valence-corrected chi connectivity index (χ1v) is 9.77. The van der Waals surface area contributed by atoms with Crippen LogP contribution in [0.3, 0.4) is 0 Å². The second-order valence-electron chi connectivity index (χ2n) is 6.49. The van der Waals surface area contributed by atoms with Crippen molar-refractivity contribution >= 4 is 16.1 Å². The molecule has 0 aliphatic heterocycles. The molecule has 1 heterocycles. The summed E-state index contributed by atoms with van der Waals surface area (Å²) < 4.78 is 60.1. The number of nitrogens with zero attached hydrogens (tertiary/aromatic N) is 3. The van der Waals surface area contributed by atoms with E-state index in [-0.39, 0.29) is 17.6 Å². The Morgan fingerprint density at radius 3 is 2.50 bits per heavy atom. The fourth-order valence-corrected chi connectivity index (χ4v) is 4.36. The van der Waals surface area contributed by atoms with Gasteiger partial charge in [0.15, 0.2) is 0 Å². The number of benzene rings is 1. The molecular formula is C16H18F2N4O5S. The highest BCUT2D eigenvalue weighted by Crippen LogP contribution is 2.36. The zero-order chi connectivity index (χ0) is 20.8. The van der Waals surface area contributed by atoms with Gasteiger partial charge < -0.3 is 4.74 Å². The van der Waals surface area contributed by atoms with Crippen LogP contribution in [0.1, 0.15) is 42.0 Å². The molecule has 28 heavy (non-hydrogen) atoms. The third-order valence-corrected chi connectivity index (χ3v) is 5.78. The molecule has 0 atom stereocenters. The van der Waals surface area contributed by atoms with Gasteiger partial charge in [-0.25, -0.2) is 36.1 Å². The molecule has 1 aliphatic rings. The largest absolute Gasteiger partial charge is 0.467 e. The van der Waals surface area contributed by atoms with Gasteiger partial charge in [0.1, 0.15) is 0 Å². The van der Waals surface area contributed by atoms with E-state index >= 15 is 0 Å². The molecule has 9 nitrogen and oxygen atoms in total. The maximum Gasteiger partial charge on any atom is 0.360 e. The van der Waals surface area contributed by atoms with Gasteiger partial charge in [0.25, 0.3) is 16.4 Å². The van der Waals surface area contributed by atoms with Gasteiger partial charge in [0, 0.05) is 11.6 Å². The summed E-state index contributed by atoms with van der Waals surface area (Å²) >= 11 is 0. The van der Waals surface area contributed by atoms with Crippen LogP contribution in [0.5, 0.6) is 6.01 Å². The summed E-state index contributed by atoms with van der Waals surface area (Å²) in [6, 6.07) is 0.739. The Labute approximate surface area is 159 Å². The average molecular weight is 416 g/mol. The highest BCUT2D eigenvalue weighted by molar-refractivity contribution is 7.90. The molecule has 0 saturated heterocycles. The summed E-state index contributed by atoms with van der Waals surface area (Å²) in [6.07, 6.45) is -1.68. The lowest BCUT2D eigenvalue weighted by atomic mass is 10.1. The molecule has 0 radical (unpaired) electrons. The van der Waals surface area contributed by atoms with Crippen LogP contribution in [0.15, 0.2) is 21.8 Å². The molecule has 1 aromatic heterocycles. The zero-order valence-corrected chi connectivity index (χ0v) is 16.1. The molecule has 152 valence electrons. The molecule has 1 aromatic carbocycles. The molecule has 12 heteroatoms. The van der Waals surface area contributed by atoms with E-state index in [4.69, 9.17) is 4.74 Å². The second kappa shape index (κ2) is 7.00. The van der Waals surface area contributed by atoms with E-state index in [1.807, 2.05) is 0 Å². The third kappa shape index (κ3) is 3.51. The molecule has 3 rings (SSSR count). The Bertz CT molecular complexity index is 1100. The van der Waals surface area contributed by atoms with Gasteiger partial charge in [-0.15, -0.1) is 9.78 Å². The number of amides is 1. The number of carbonyl (C=O) groups excluding carboxylic acids is 1. The van der Waals surface area contributed by atoms with Gasteiger partial charge in [-0.1, -0.05) is 11.6 Å². The van der Waals surface area contributed by atoms with Crippen molar-refractivity contribution in [3.05, 3.63) is 39.3 Å². The van der Waals surface area contributed by atoms with Crippen LogP contribution in [0.4, 0.5) is 13.6 Å². The molecule has 1 amide bonds. The number of alkyl halides is 2. The normalized spacial score (nSPS) is 14.4. The first kappa shape index (κ1) is 20.0. The van der Waals surface area contributed by atoms with Crippen molar-refractivity contribution in [1.29, 1.82) is 0 Å². The predicted molar refractivity (Wildman–Crippen MR) is 93.3 cm³/mol. The maximum atomic E-state index is 13.4. The van der Waals surface area contributed by atoms with Crippen molar-refractivity contribution in [2.45, 2.75) is 44.1 Å². The summed E-state index contributed by atoms with van der Waals surface area (Å²) in [5.74, 6) is 0.